The van der Waals surface area contributed by atoms with E-state index in [9.17, 15) is 4.79 Å². The Morgan fingerprint density at radius 1 is 1.57 bits per heavy atom. The fraction of sp³-hybridized carbons (Fsp3) is 0.200. The molecule has 3 nitrogen and oxygen atoms in total. The molecule has 0 unspecified atom stereocenters. The van der Waals surface area contributed by atoms with Crippen LogP contribution < -0.4 is 0 Å². The summed E-state index contributed by atoms with van der Waals surface area (Å²) < 4.78 is 5.51. The molecule has 0 N–H and O–H groups in total. The van der Waals surface area contributed by atoms with Crippen LogP contribution in [0.25, 0.3) is 0 Å². The summed E-state index contributed by atoms with van der Waals surface area (Å²) in [5.74, 6) is -0.469. The number of carbonyl (C=O) groups is 1. The van der Waals surface area contributed by atoms with Crippen LogP contribution in [0.5, 0.6) is 0 Å². The second-order valence-electron chi connectivity index (χ2n) is 2.75. The van der Waals surface area contributed by atoms with Gasteiger partial charge in [-0.1, -0.05) is 0 Å². The first-order valence-electron chi connectivity index (χ1n) is 3.88. The van der Waals surface area contributed by atoms with Crippen molar-refractivity contribution < 1.29 is 9.53 Å². The molecule has 0 amide bonds. The molecule has 0 atom stereocenters. The molecule has 0 spiro atoms. The van der Waals surface area contributed by atoms with Gasteiger partial charge in [0, 0.05) is 3.57 Å². The maximum atomic E-state index is 11.3. The van der Waals surface area contributed by atoms with Crippen molar-refractivity contribution in [3.8, 4) is 6.07 Å². The fourth-order valence-electron chi connectivity index (χ4n) is 1.16. The number of ether oxygens (including phenoxy) is 1. The zero-order valence-electron chi connectivity index (χ0n) is 7.80. The van der Waals surface area contributed by atoms with Crippen LogP contribution in [0, 0.1) is 21.8 Å². The van der Waals surface area contributed by atoms with E-state index < -0.39 is 5.97 Å². The largest absolute Gasteiger partial charge is 0.465 e. The van der Waals surface area contributed by atoms with E-state index in [4.69, 9.17) is 5.26 Å². The fourth-order valence-corrected chi connectivity index (χ4v) is 1.94. The van der Waals surface area contributed by atoms with Gasteiger partial charge in [0.15, 0.2) is 0 Å². The number of carbonyl (C=O) groups excluding carboxylic acids is 1. The number of nitrogens with zero attached hydrogens (tertiary/aromatic N) is 1. The molecule has 0 fully saturated rings. The van der Waals surface area contributed by atoms with Crippen LogP contribution in [0.1, 0.15) is 21.5 Å². The van der Waals surface area contributed by atoms with Gasteiger partial charge in [0.25, 0.3) is 0 Å². The van der Waals surface area contributed by atoms with Crippen LogP contribution in [-0.4, -0.2) is 13.1 Å². The monoisotopic (exact) mass is 301 g/mol. The van der Waals surface area contributed by atoms with Crippen molar-refractivity contribution in [2.75, 3.05) is 7.11 Å². The molecule has 4 heteroatoms. The SMILES string of the molecule is COC(=O)c1cc(I)cc(C)c1C#N. The van der Waals surface area contributed by atoms with Crippen LogP contribution in [0.3, 0.4) is 0 Å². The van der Waals surface area contributed by atoms with Crippen LogP contribution >= 0.6 is 22.6 Å². The number of hydrogen-bond donors (Lipinski definition) is 0. The zero-order valence-corrected chi connectivity index (χ0v) is 9.95. The number of nitriles is 1. The number of aryl methyl sites for hydroxylation is 1. The topological polar surface area (TPSA) is 50.1 Å². The molecule has 14 heavy (non-hydrogen) atoms. The Balaban J connectivity index is 3.41. The Morgan fingerprint density at radius 3 is 2.71 bits per heavy atom. The van der Waals surface area contributed by atoms with Gasteiger partial charge in [-0.25, -0.2) is 4.79 Å². The molecule has 0 aliphatic heterocycles. The highest BCUT2D eigenvalue weighted by atomic mass is 127. The minimum atomic E-state index is -0.469. The third kappa shape index (κ3) is 2.04. The van der Waals surface area contributed by atoms with Gasteiger partial charge in [0.1, 0.15) is 6.07 Å². The van der Waals surface area contributed by atoms with Crippen LogP contribution in [-0.2, 0) is 4.74 Å². The average Bonchev–Trinajstić information content (AvgIpc) is 2.15. The van der Waals surface area contributed by atoms with E-state index in [1.54, 1.807) is 13.0 Å². The first kappa shape index (κ1) is 11.0. The third-order valence-corrected chi connectivity index (χ3v) is 2.44. The number of methoxy groups -OCH3 is 1. The van der Waals surface area contributed by atoms with Gasteiger partial charge in [0.05, 0.1) is 18.2 Å². The van der Waals surface area contributed by atoms with Crippen molar-refractivity contribution in [3.63, 3.8) is 0 Å². The predicted molar refractivity (Wildman–Crippen MR) is 60.0 cm³/mol. The molecule has 0 bridgehead atoms. The van der Waals surface area contributed by atoms with E-state index in [1.165, 1.54) is 7.11 Å². The van der Waals surface area contributed by atoms with Crippen molar-refractivity contribution >= 4 is 28.6 Å². The summed E-state index contributed by atoms with van der Waals surface area (Å²) in [5.41, 5.74) is 1.51. The smallest absolute Gasteiger partial charge is 0.339 e. The van der Waals surface area contributed by atoms with E-state index in [1.807, 2.05) is 12.1 Å². The second kappa shape index (κ2) is 4.42. The van der Waals surface area contributed by atoms with Gasteiger partial charge in [-0.2, -0.15) is 5.26 Å². The molecule has 0 aliphatic rings. The van der Waals surface area contributed by atoms with Gasteiger partial charge in [0.2, 0.25) is 0 Å². The van der Waals surface area contributed by atoms with Crippen molar-refractivity contribution in [1.82, 2.24) is 0 Å². The van der Waals surface area contributed by atoms with Gasteiger partial charge >= 0.3 is 5.97 Å². The van der Waals surface area contributed by atoms with Gasteiger partial charge in [-0.05, 0) is 47.2 Å². The normalized spacial score (nSPS) is 9.29. The summed E-state index contributed by atoms with van der Waals surface area (Å²) in [5, 5.41) is 8.87. The second-order valence-corrected chi connectivity index (χ2v) is 3.99. The molecule has 0 saturated carbocycles. The molecule has 1 rings (SSSR count). The van der Waals surface area contributed by atoms with E-state index in [0.29, 0.717) is 11.1 Å². The highest BCUT2D eigenvalue weighted by molar-refractivity contribution is 14.1. The quantitative estimate of drug-likeness (QED) is 0.590. The van der Waals surface area contributed by atoms with Crippen molar-refractivity contribution in [1.29, 1.82) is 5.26 Å². The van der Waals surface area contributed by atoms with Crippen LogP contribution in [0.15, 0.2) is 12.1 Å². The van der Waals surface area contributed by atoms with Gasteiger partial charge < -0.3 is 4.74 Å². The minimum absolute atomic E-state index is 0.333. The lowest BCUT2D eigenvalue weighted by molar-refractivity contribution is 0.0600. The maximum Gasteiger partial charge on any atom is 0.339 e. The molecule has 1 aromatic carbocycles. The number of benzene rings is 1. The summed E-state index contributed by atoms with van der Waals surface area (Å²) in [7, 11) is 1.30. The Bertz CT molecular complexity index is 421. The summed E-state index contributed by atoms with van der Waals surface area (Å²) in [4.78, 5) is 11.3. The van der Waals surface area contributed by atoms with E-state index in [-0.39, 0.29) is 0 Å². The summed E-state index contributed by atoms with van der Waals surface area (Å²) >= 11 is 2.10. The molecule has 0 aromatic heterocycles. The summed E-state index contributed by atoms with van der Waals surface area (Å²) in [6, 6.07) is 5.51. The lowest BCUT2D eigenvalue weighted by Crippen LogP contribution is -2.06. The number of hydrogen-bond acceptors (Lipinski definition) is 3. The van der Waals surface area contributed by atoms with Crippen molar-refractivity contribution in [3.05, 3.63) is 32.4 Å². The van der Waals surface area contributed by atoms with Crippen LogP contribution in [0.4, 0.5) is 0 Å². The molecular formula is C10H8INO2. The molecule has 0 saturated heterocycles. The Morgan fingerprint density at radius 2 is 2.21 bits per heavy atom. The highest BCUT2D eigenvalue weighted by Gasteiger charge is 2.14. The molecule has 72 valence electrons. The number of esters is 1. The summed E-state index contributed by atoms with van der Waals surface area (Å²) in [6.07, 6.45) is 0. The molecule has 1 aromatic rings. The third-order valence-electron chi connectivity index (χ3n) is 1.82. The molecule has 0 radical (unpaired) electrons. The number of halogens is 1. The Hall–Kier alpha value is -1.09. The number of rotatable bonds is 1. The first-order valence-corrected chi connectivity index (χ1v) is 4.96. The lowest BCUT2D eigenvalue weighted by Gasteiger charge is -2.05. The predicted octanol–water partition coefficient (Wildman–Crippen LogP) is 2.26. The van der Waals surface area contributed by atoms with Gasteiger partial charge in [-0.15, -0.1) is 0 Å². The standard InChI is InChI=1S/C10H8INO2/c1-6-3-7(11)4-8(9(6)5-12)10(13)14-2/h3-4H,1-2H3. The molecule has 0 heterocycles. The molecular weight excluding hydrogens is 293 g/mol. The van der Waals surface area contributed by atoms with Crippen LogP contribution in [0.2, 0.25) is 0 Å². The van der Waals surface area contributed by atoms with E-state index >= 15 is 0 Å². The maximum absolute atomic E-state index is 11.3. The minimum Gasteiger partial charge on any atom is -0.465 e. The lowest BCUT2D eigenvalue weighted by atomic mass is 10.0. The average molecular weight is 301 g/mol. The van der Waals surface area contributed by atoms with E-state index in [2.05, 4.69) is 27.3 Å². The van der Waals surface area contributed by atoms with Gasteiger partial charge in [-0.3, -0.25) is 0 Å². The van der Waals surface area contributed by atoms with Crippen molar-refractivity contribution in [2.45, 2.75) is 6.92 Å². The zero-order chi connectivity index (χ0) is 10.7. The highest BCUT2D eigenvalue weighted by Crippen LogP contribution is 2.18. The first-order chi connectivity index (χ1) is 6.60. The Labute approximate surface area is 95.8 Å². The van der Waals surface area contributed by atoms with Crippen molar-refractivity contribution in [2.24, 2.45) is 0 Å². The summed E-state index contributed by atoms with van der Waals surface area (Å²) in [6.45, 7) is 1.80. The Kier molecular flexibility index (Phi) is 3.47. The molecule has 0 aliphatic carbocycles. The van der Waals surface area contributed by atoms with E-state index in [0.717, 1.165) is 9.13 Å².